The Balaban J connectivity index is 2.35. The van der Waals surface area contributed by atoms with Crippen LogP contribution in [0.3, 0.4) is 0 Å². The molecule has 0 amide bonds. The number of hydrogen-bond acceptors (Lipinski definition) is 4. The lowest BCUT2D eigenvalue weighted by Gasteiger charge is -2.13. The Kier molecular flexibility index (Phi) is 7.50. The molecule has 1 atom stereocenters. The van der Waals surface area contributed by atoms with E-state index >= 15 is 0 Å². The summed E-state index contributed by atoms with van der Waals surface area (Å²) in [5, 5.41) is 8.92. The summed E-state index contributed by atoms with van der Waals surface area (Å²) < 4.78 is 16.1. The average Bonchev–Trinajstić information content (AvgIpc) is 2.45. The van der Waals surface area contributed by atoms with Crippen LogP contribution in [0, 0.1) is 0 Å². The summed E-state index contributed by atoms with van der Waals surface area (Å²) in [7, 11) is 0. The van der Waals surface area contributed by atoms with Crippen molar-refractivity contribution < 1.29 is 24.1 Å². The third kappa shape index (κ3) is 5.93. The van der Waals surface area contributed by atoms with E-state index in [2.05, 4.69) is 6.92 Å². The molecule has 0 aliphatic rings. The van der Waals surface area contributed by atoms with Crippen LogP contribution in [-0.2, 0) is 9.53 Å². The van der Waals surface area contributed by atoms with Gasteiger partial charge in [0.15, 0.2) is 6.10 Å². The van der Waals surface area contributed by atoms with Crippen molar-refractivity contribution in [1.29, 1.82) is 0 Å². The van der Waals surface area contributed by atoms with Gasteiger partial charge in [0.1, 0.15) is 11.5 Å². The van der Waals surface area contributed by atoms with E-state index in [-0.39, 0.29) is 0 Å². The Morgan fingerprint density at radius 2 is 1.65 bits per heavy atom. The fourth-order valence-corrected chi connectivity index (χ4v) is 1.62. The number of benzene rings is 1. The van der Waals surface area contributed by atoms with Gasteiger partial charge in [-0.15, -0.1) is 0 Å². The van der Waals surface area contributed by atoms with Gasteiger partial charge in [0.2, 0.25) is 0 Å². The van der Waals surface area contributed by atoms with Crippen molar-refractivity contribution in [3.63, 3.8) is 0 Å². The molecular formula is C15H22O5. The number of rotatable bonds is 10. The molecular weight excluding hydrogens is 260 g/mol. The summed E-state index contributed by atoms with van der Waals surface area (Å²) in [6.07, 6.45) is 0.468. The Labute approximate surface area is 119 Å². The van der Waals surface area contributed by atoms with Crippen LogP contribution in [0.1, 0.15) is 26.7 Å². The molecule has 0 spiro atoms. The molecule has 0 aliphatic heterocycles. The van der Waals surface area contributed by atoms with Gasteiger partial charge in [-0.25, -0.2) is 4.79 Å². The Morgan fingerprint density at radius 3 is 2.10 bits per heavy atom. The number of carbonyl (C=O) groups is 1. The van der Waals surface area contributed by atoms with Crippen LogP contribution in [0.15, 0.2) is 24.3 Å². The average molecular weight is 282 g/mol. The van der Waals surface area contributed by atoms with E-state index in [9.17, 15) is 4.79 Å². The SMILES string of the molecule is CCCOc1ccc(OCCC(OCC)C(=O)O)cc1. The van der Waals surface area contributed by atoms with Crippen LogP contribution in [0.5, 0.6) is 11.5 Å². The number of carboxylic acid groups (broad SMARTS) is 1. The zero-order chi connectivity index (χ0) is 14.8. The minimum absolute atomic E-state index is 0.298. The second-order valence-corrected chi connectivity index (χ2v) is 4.24. The van der Waals surface area contributed by atoms with Crippen molar-refractivity contribution in [1.82, 2.24) is 0 Å². The highest BCUT2D eigenvalue weighted by Gasteiger charge is 2.17. The largest absolute Gasteiger partial charge is 0.494 e. The van der Waals surface area contributed by atoms with Crippen molar-refractivity contribution in [3.8, 4) is 11.5 Å². The van der Waals surface area contributed by atoms with Gasteiger partial charge in [-0.05, 0) is 37.6 Å². The first kappa shape index (κ1) is 16.3. The first-order chi connectivity index (χ1) is 9.67. The molecule has 112 valence electrons. The van der Waals surface area contributed by atoms with Crippen molar-refractivity contribution in [2.24, 2.45) is 0 Å². The molecule has 5 heteroatoms. The molecule has 20 heavy (non-hydrogen) atoms. The second kappa shape index (κ2) is 9.20. The molecule has 1 rings (SSSR count). The topological polar surface area (TPSA) is 65.0 Å². The summed E-state index contributed by atoms with van der Waals surface area (Å²) in [5.41, 5.74) is 0. The molecule has 1 aromatic rings. The van der Waals surface area contributed by atoms with Crippen LogP contribution in [0.2, 0.25) is 0 Å². The molecule has 0 aromatic heterocycles. The smallest absolute Gasteiger partial charge is 0.332 e. The highest BCUT2D eigenvalue weighted by atomic mass is 16.5. The summed E-state index contributed by atoms with van der Waals surface area (Å²) in [6, 6.07) is 7.29. The van der Waals surface area contributed by atoms with Gasteiger partial charge in [-0.3, -0.25) is 0 Å². The Hall–Kier alpha value is -1.75. The highest BCUT2D eigenvalue weighted by Crippen LogP contribution is 2.18. The summed E-state index contributed by atoms with van der Waals surface area (Å²) in [6.45, 7) is 5.18. The predicted molar refractivity (Wildman–Crippen MR) is 75.4 cm³/mol. The fraction of sp³-hybridized carbons (Fsp3) is 0.533. The summed E-state index contributed by atoms with van der Waals surface area (Å²) in [5.74, 6) is 0.533. The zero-order valence-electron chi connectivity index (χ0n) is 12.0. The lowest BCUT2D eigenvalue weighted by Crippen LogP contribution is -2.26. The van der Waals surface area contributed by atoms with E-state index in [1.54, 1.807) is 19.1 Å². The maximum atomic E-state index is 10.9. The number of aliphatic carboxylic acids is 1. The Bertz CT molecular complexity index is 388. The van der Waals surface area contributed by atoms with Crippen LogP contribution in [0.4, 0.5) is 0 Å². The molecule has 0 fully saturated rings. The zero-order valence-corrected chi connectivity index (χ0v) is 12.0. The van der Waals surface area contributed by atoms with Crippen LogP contribution in [0.25, 0.3) is 0 Å². The maximum absolute atomic E-state index is 10.9. The van der Waals surface area contributed by atoms with Crippen molar-refractivity contribution >= 4 is 5.97 Å². The number of ether oxygens (including phenoxy) is 3. The third-order valence-electron chi connectivity index (χ3n) is 2.59. The molecule has 0 saturated carbocycles. The van der Waals surface area contributed by atoms with E-state index in [0.29, 0.717) is 32.0 Å². The molecule has 0 aliphatic carbocycles. The van der Waals surface area contributed by atoms with Crippen LogP contribution < -0.4 is 9.47 Å². The van der Waals surface area contributed by atoms with E-state index in [4.69, 9.17) is 19.3 Å². The second-order valence-electron chi connectivity index (χ2n) is 4.24. The molecule has 0 saturated heterocycles. The minimum Gasteiger partial charge on any atom is -0.494 e. The van der Waals surface area contributed by atoms with Crippen molar-refractivity contribution in [2.75, 3.05) is 19.8 Å². The molecule has 0 heterocycles. The lowest BCUT2D eigenvalue weighted by molar-refractivity contribution is -0.150. The Morgan fingerprint density at radius 1 is 1.10 bits per heavy atom. The molecule has 0 radical (unpaired) electrons. The normalized spacial score (nSPS) is 11.9. The molecule has 1 N–H and O–H groups in total. The van der Waals surface area contributed by atoms with Gasteiger partial charge in [0.25, 0.3) is 0 Å². The molecule has 0 bridgehead atoms. The van der Waals surface area contributed by atoms with Gasteiger partial charge >= 0.3 is 5.97 Å². The third-order valence-corrected chi connectivity index (χ3v) is 2.59. The van der Waals surface area contributed by atoms with Gasteiger partial charge in [0.05, 0.1) is 13.2 Å². The molecule has 5 nitrogen and oxygen atoms in total. The van der Waals surface area contributed by atoms with Gasteiger partial charge in [0, 0.05) is 13.0 Å². The molecule has 1 aromatic carbocycles. The van der Waals surface area contributed by atoms with Crippen LogP contribution in [-0.4, -0.2) is 37.0 Å². The summed E-state index contributed by atoms with van der Waals surface area (Å²) >= 11 is 0. The highest BCUT2D eigenvalue weighted by molar-refractivity contribution is 5.72. The lowest BCUT2D eigenvalue weighted by atomic mass is 10.2. The van der Waals surface area contributed by atoms with E-state index in [0.717, 1.165) is 12.2 Å². The first-order valence-corrected chi connectivity index (χ1v) is 6.87. The standard InChI is InChI=1S/C15H22O5/c1-3-10-19-12-5-7-13(8-6-12)20-11-9-14(15(16)17)18-4-2/h5-8,14H,3-4,9-11H2,1-2H3,(H,16,17). The quantitative estimate of drug-likeness (QED) is 0.715. The number of carboxylic acids is 1. The van der Waals surface area contributed by atoms with Gasteiger partial charge in [-0.2, -0.15) is 0 Å². The first-order valence-electron chi connectivity index (χ1n) is 6.87. The van der Waals surface area contributed by atoms with E-state index in [1.807, 2.05) is 12.1 Å². The van der Waals surface area contributed by atoms with Crippen LogP contribution >= 0.6 is 0 Å². The summed E-state index contributed by atoms with van der Waals surface area (Å²) in [4.78, 5) is 10.9. The van der Waals surface area contributed by atoms with Crippen molar-refractivity contribution in [2.45, 2.75) is 32.8 Å². The number of hydrogen-bond donors (Lipinski definition) is 1. The minimum atomic E-state index is -0.959. The van der Waals surface area contributed by atoms with Gasteiger partial charge in [-0.1, -0.05) is 6.92 Å². The maximum Gasteiger partial charge on any atom is 0.332 e. The fourth-order valence-electron chi connectivity index (χ4n) is 1.62. The monoisotopic (exact) mass is 282 g/mol. The van der Waals surface area contributed by atoms with E-state index < -0.39 is 12.1 Å². The van der Waals surface area contributed by atoms with Gasteiger partial charge < -0.3 is 19.3 Å². The van der Waals surface area contributed by atoms with E-state index in [1.165, 1.54) is 0 Å². The molecule has 1 unspecified atom stereocenters. The predicted octanol–water partition coefficient (Wildman–Crippen LogP) is 2.73. The van der Waals surface area contributed by atoms with Crippen molar-refractivity contribution in [3.05, 3.63) is 24.3 Å².